The summed E-state index contributed by atoms with van der Waals surface area (Å²) in [5.74, 6) is 0.483. The third-order valence-corrected chi connectivity index (χ3v) is 8.68. The lowest BCUT2D eigenvalue weighted by Gasteiger charge is -2.36. The monoisotopic (exact) mass is 363 g/mol. The molecule has 0 saturated carbocycles. The van der Waals surface area contributed by atoms with E-state index in [0.717, 1.165) is 0 Å². The van der Waals surface area contributed by atoms with Crippen LogP contribution in [0, 0.1) is 13.8 Å². The Bertz CT molecular complexity index is 664. The molecule has 2 fully saturated rings. The zero-order chi connectivity index (χ0) is 16.8. The van der Waals surface area contributed by atoms with Gasteiger partial charge in [0.2, 0.25) is 4.90 Å². The summed E-state index contributed by atoms with van der Waals surface area (Å²) in [6.45, 7) is 4.35. The number of piperidine rings is 1. The van der Waals surface area contributed by atoms with Gasteiger partial charge in [-0.3, -0.25) is 0 Å². The van der Waals surface area contributed by atoms with Crippen molar-refractivity contribution < 1.29 is 22.0 Å². The fraction of sp³-hybridized carbons (Fsp3) is 0.769. The van der Waals surface area contributed by atoms with Crippen LogP contribution >= 0.6 is 0 Å². The molecule has 1 aromatic rings. The second-order valence-corrected chi connectivity index (χ2v) is 9.98. The first kappa shape index (κ1) is 17.2. The van der Waals surface area contributed by atoms with Crippen molar-refractivity contribution in [3.63, 3.8) is 0 Å². The van der Waals surface area contributed by atoms with E-state index in [2.05, 4.69) is 5.16 Å². The van der Waals surface area contributed by atoms with E-state index in [1.165, 1.54) is 4.31 Å². The molecule has 8 nitrogen and oxygen atoms in total. The zero-order valence-corrected chi connectivity index (χ0v) is 14.9. The van der Waals surface area contributed by atoms with Crippen LogP contribution in [0.2, 0.25) is 0 Å². The number of sulfonamides is 2. The van der Waals surface area contributed by atoms with Crippen molar-refractivity contribution in [3.8, 4) is 0 Å². The summed E-state index contributed by atoms with van der Waals surface area (Å²) in [5.41, 5.74) is 0.353. The van der Waals surface area contributed by atoms with Gasteiger partial charge in [-0.05, 0) is 19.8 Å². The maximum atomic E-state index is 12.7. The normalized spacial score (nSPS) is 30.6. The number of aryl methyl sites for hydroxylation is 2. The molecule has 0 amide bonds. The van der Waals surface area contributed by atoms with Gasteiger partial charge in [-0.15, -0.1) is 8.61 Å². The molecular formula is C13H21N3O5S2. The molecule has 3 rings (SSSR count). The van der Waals surface area contributed by atoms with Crippen LogP contribution in [0.1, 0.15) is 30.7 Å². The average Bonchev–Trinajstić information content (AvgIpc) is 3.01. The molecule has 1 aromatic heterocycles. The summed E-state index contributed by atoms with van der Waals surface area (Å²) >= 11 is 0. The number of rotatable bonds is 3. The van der Waals surface area contributed by atoms with Crippen molar-refractivity contribution in [2.24, 2.45) is 0 Å². The van der Waals surface area contributed by atoms with E-state index >= 15 is 0 Å². The van der Waals surface area contributed by atoms with Crippen LogP contribution in [0.4, 0.5) is 0 Å². The summed E-state index contributed by atoms with van der Waals surface area (Å²) in [7, 11) is -6.80. The Kier molecular flexibility index (Phi) is 4.49. The smallest absolute Gasteiger partial charge is 0.240 e. The molecule has 0 bridgehead atoms. The topological polar surface area (TPSA) is 113 Å². The Hall–Kier alpha value is -0.650. The largest absolute Gasteiger partial charge is 0.598 e. The molecule has 0 aromatic carbocycles. The van der Waals surface area contributed by atoms with Crippen LogP contribution in [0.25, 0.3) is 0 Å². The van der Waals surface area contributed by atoms with Gasteiger partial charge >= 0.3 is 0 Å². The number of aromatic nitrogens is 1. The van der Waals surface area contributed by atoms with Crippen LogP contribution in [0.15, 0.2) is 9.42 Å². The van der Waals surface area contributed by atoms with E-state index in [-0.39, 0.29) is 22.5 Å². The Balaban J connectivity index is 1.72. The van der Waals surface area contributed by atoms with E-state index < -0.39 is 20.8 Å². The highest BCUT2D eigenvalue weighted by atomic mass is 32.3. The lowest BCUT2D eigenvalue weighted by Crippen LogP contribution is -2.50. The van der Waals surface area contributed by atoms with Crippen molar-refractivity contribution in [1.82, 2.24) is 13.8 Å². The first-order valence-corrected chi connectivity index (χ1v) is 10.7. The molecule has 0 radical (unpaired) electrons. The molecule has 0 aliphatic carbocycles. The SMILES string of the molecule is Cc1noc(C)c1[S+](=O)([O-])N1CCC(N2CCC[S+]2(=O)[O-])CC1. The van der Waals surface area contributed by atoms with Crippen LogP contribution in [-0.4, -0.2) is 54.3 Å². The maximum Gasteiger partial charge on any atom is 0.240 e. The molecule has 23 heavy (non-hydrogen) atoms. The van der Waals surface area contributed by atoms with Gasteiger partial charge in [0.15, 0.2) is 16.2 Å². The third-order valence-electron chi connectivity index (χ3n) is 4.53. The molecule has 2 saturated heterocycles. The quantitative estimate of drug-likeness (QED) is 0.738. The fourth-order valence-corrected chi connectivity index (χ4v) is 6.97. The summed E-state index contributed by atoms with van der Waals surface area (Å²) in [6.07, 6.45) is 1.68. The fourth-order valence-electron chi connectivity index (χ4n) is 3.41. The Morgan fingerprint density at radius 1 is 1.30 bits per heavy atom. The second-order valence-electron chi connectivity index (χ2n) is 6.07. The molecule has 3 heterocycles. The highest BCUT2D eigenvalue weighted by Crippen LogP contribution is 2.33. The van der Waals surface area contributed by atoms with Gasteiger partial charge < -0.3 is 13.6 Å². The van der Waals surface area contributed by atoms with Crippen LogP contribution in [0.5, 0.6) is 0 Å². The third kappa shape index (κ3) is 3.03. The van der Waals surface area contributed by atoms with Gasteiger partial charge in [-0.25, -0.2) is 0 Å². The first-order valence-electron chi connectivity index (χ1n) is 7.66. The van der Waals surface area contributed by atoms with Crippen molar-refractivity contribution in [2.45, 2.75) is 44.0 Å². The highest BCUT2D eigenvalue weighted by molar-refractivity contribution is 7.95. The molecule has 2 atom stereocenters. The van der Waals surface area contributed by atoms with Gasteiger partial charge in [0.1, 0.15) is 21.8 Å². The minimum Gasteiger partial charge on any atom is -0.598 e. The molecule has 2 unspecified atom stereocenters. The summed E-state index contributed by atoms with van der Waals surface area (Å²) in [4.78, 5) is 0.129. The Labute approximate surface area is 138 Å². The lowest BCUT2D eigenvalue weighted by molar-refractivity contribution is 0.208. The van der Waals surface area contributed by atoms with Crippen LogP contribution in [-0.2, 0) is 29.2 Å². The molecule has 0 spiro atoms. The van der Waals surface area contributed by atoms with E-state index in [4.69, 9.17) is 4.52 Å². The van der Waals surface area contributed by atoms with Crippen molar-refractivity contribution >= 4 is 20.8 Å². The van der Waals surface area contributed by atoms with Gasteiger partial charge in [0.05, 0.1) is 6.04 Å². The minimum absolute atomic E-state index is 0.0985. The van der Waals surface area contributed by atoms with Gasteiger partial charge in [0, 0.05) is 33.0 Å². The predicted molar refractivity (Wildman–Crippen MR) is 82.7 cm³/mol. The summed E-state index contributed by atoms with van der Waals surface area (Å²) in [5, 5.41) is 3.71. The summed E-state index contributed by atoms with van der Waals surface area (Å²) < 4.78 is 57.4. The van der Waals surface area contributed by atoms with Gasteiger partial charge in [0.25, 0.3) is 0 Å². The zero-order valence-electron chi connectivity index (χ0n) is 13.2. The first-order chi connectivity index (χ1) is 10.7. The summed E-state index contributed by atoms with van der Waals surface area (Å²) in [6, 6.07) is -0.0985. The number of hydrogen-bond acceptors (Lipinski definition) is 6. The molecule has 10 heteroatoms. The lowest BCUT2D eigenvalue weighted by atomic mass is 10.1. The van der Waals surface area contributed by atoms with E-state index in [1.807, 2.05) is 0 Å². The highest BCUT2D eigenvalue weighted by Gasteiger charge is 2.44. The van der Waals surface area contributed by atoms with Crippen molar-refractivity contribution in [1.29, 1.82) is 0 Å². The predicted octanol–water partition coefficient (Wildman–Crippen LogP) is 0.910. The number of hydrogen-bond donors (Lipinski definition) is 0. The van der Waals surface area contributed by atoms with E-state index in [9.17, 15) is 17.5 Å². The maximum absolute atomic E-state index is 12.7. The van der Waals surface area contributed by atoms with E-state index in [0.29, 0.717) is 44.6 Å². The molecule has 2 aliphatic heterocycles. The minimum atomic E-state index is -3.65. The van der Waals surface area contributed by atoms with Gasteiger partial charge in [-0.1, -0.05) is 13.6 Å². The van der Waals surface area contributed by atoms with E-state index in [1.54, 1.807) is 18.2 Å². The molecule has 130 valence electrons. The van der Waals surface area contributed by atoms with Crippen molar-refractivity contribution in [2.75, 3.05) is 25.4 Å². The van der Waals surface area contributed by atoms with Crippen LogP contribution in [0.3, 0.4) is 0 Å². The number of nitrogens with zero attached hydrogens (tertiary/aromatic N) is 3. The molecular weight excluding hydrogens is 342 g/mol. The molecule has 2 aliphatic rings. The standard InChI is InChI=1S/C13H21N3O5S2/c1-10-13(11(2)21-14-10)23(19,20)15-7-4-12(5-8-15)16-6-3-9-22(16,17)18/h12H,3-9H2,1-2H3. The van der Waals surface area contributed by atoms with Crippen molar-refractivity contribution in [3.05, 3.63) is 11.5 Å². The Morgan fingerprint density at radius 3 is 2.43 bits per heavy atom. The van der Waals surface area contributed by atoms with Crippen LogP contribution < -0.4 is 0 Å². The Morgan fingerprint density at radius 2 is 1.96 bits per heavy atom. The molecule has 0 N–H and O–H groups in total. The van der Waals surface area contributed by atoms with Gasteiger partial charge in [-0.2, -0.15) is 0 Å². The second kappa shape index (κ2) is 6.01. The average molecular weight is 363 g/mol.